The number of rotatable bonds is 4. The Balaban J connectivity index is 1.79. The number of para-hydroxylation sites is 1. The van der Waals surface area contributed by atoms with Crippen molar-refractivity contribution < 1.29 is 4.79 Å². The molecule has 2 aromatic carbocycles. The molecule has 0 unspecified atom stereocenters. The predicted octanol–water partition coefficient (Wildman–Crippen LogP) is 3.99. The van der Waals surface area contributed by atoms with E-state index in [2.05, 4.69) is 15.5 Å². The lowest BCUT2D eigenvalue weighted by atomic mass is 10.1. The zero-order chi connectivity index (χ0) is 19.0. The number of carbonyl (C=O) groups excluding carboxylic acids is 1. The van der Waals surface area contributed by atoms with E-state index in [9.17, 15) is 4.79 Å². The lowest BCUT2D eigenvalue weighted by Gasteiger charge is -2.07. The van der Waals surface area contributed by atoms with Crippen LogP contribution in [-0.2, 0) is 6.54 Å². The summed E-state index contributed by atoms with van der Waals surface area (Å²) in [5.41, 5.74) is 5.96. The van der Waals surface area contributed by atoms with Crippen LogP contribution in [-0.4, -0.2) is 20.7 Å². The monoisotopic (exact) mass is 399 g/mol. The summed E-state index contributed by atoms with van der Waals surface area (Å²) >= 11 is 12.1. The first-order valence-corrected chi connectivity index (χ1v) is 8.91. The van der Waals surface area contributed by atoms with Crippen LogP contribution in [0.2, 0.25) is 10.0 Å². The van der Waals surface area contributed by atoms with Crippen LogP contribution in [0.4, 0.5) is 0 Å². The SMILES string of the molecule is NNC(=O)c1cc(-c2c[nH]c3ccccc23)nn1Cc1ccc(Cl)c(Cl)c1. The van der Waals surface area contributed by atoms with Gasteiger partial charge in [0.15, 0.2) is 0 Å². The van der Waals surface area contributed by atoms with E-state index in [-0.39, 0.29) is 0 Å². The molecule has 0 aliphatic carbocycles. The van der Waals surface area contributed by atoms with E-state index in [1.54, 1.807) is 22.9 Å². The largest absolute Gasteiger partial charge is 0.360 e. The molecule has 27 heavy (non-hydrogen) atoms. The standard InChI is InChI=1S/C19H15Cl2N5O/c20-14-6-5-11(7-15(14)21)10-26-18(19(27)24-22)8-17(25-26)13-9-23-16-4-2-1-3-12(13)16/h1-9,23H,10,22H2,(H,24,27). The lowest BCUT2D eigenvalue weighted by molar-refractivity contribution is 0.0943. The maximum Gasteiger partial charge on any atom is 0.283 e. The quantitative estimate of drug-likeness (QED) is 0.275. The van der Waals surface area contributed by atoms with Gasteiger partial charge in [-0.2, -0.15) is 5.10 Å². The van der Waals surface area contributed by atoms with Crippen molar-refractivity contribution >= 4 is 40.0 Å². The fourth-order valence-corrected chi connectivity index (χ4v) is 3.34. The van der Waals surface area contributed by atoms with Crippen molar-refractivity contribution in [1.29, 1.82) is 0 Å². The third-order valence-electron chi connectivity index (χ3n) is 4.33. The zero-order valence-corrected chi connectivity index (χ0v) is 15.6. The first kappa shape index (κ1) is 17.6. The van der Waals surface area contributed by atoms with E-state index in [0.717, 1.165) is 22.0 Å². The molecule has 6 nitrogen and oxygen atoms in total. The first-order chi connectivity index (χ1) is 13.1. The molecule has 0 saturated heterocycles. The van der Waals surface area contributed by atoms with Crippen LogP contribution < -0.4 is 11.3 Å². The second-order valence-electron chi connectivity index (χ2n) is 6.04. The summed E-state index contributed by atoms with van der Waals surface area (Å²) in [6, 6.07) is 14.9. The number of nitrogens with zero attached hydrogens (tertiary/aromatic N) is 2. The number of hydrogen-bond donors (Lipinski definition) is 3. The number of hydrazine groups is 1. The molecule has 2 heterocycles. The summed E-state index contributed by atoms with van der Waals surface area (Å²) in [6.45, 7) is 0.349. The maximum atomic E-state index is 12.2. The normalized spacial score (nSPS) is 11.1. The number of aromatic nitrogens is 3. The van der Waals surface area contributed by atoms with Gasteiger partial charge in [0, 0.05) is 22.7 Å². The predicted molar refractivity (Wildman–Crippen MR) is 107 cm³/mol. The highest BCUT2D eigenvalue weighted by molar-refractivity contribution is 6.42. The molecule has 4 rings (SSSR count). The van der Waals surface area contributed by atoms with Gasteiger partial charge in [-0.1, -0.05) is 47.5 Å². The summed E-state index contributed by atoms with van der Waals surface area (Å²) in [5.74, 6) is 4.92. The zero-order valence-electron chi connectivity index (χ0n) is 14.0. The molecular weight excluding hydrogens is 385 g/mol. The topological polar surface area (TPSA) is 88.7 Å². The lowest BCUT2D eigenvalue weighted by Crippen LogP contribution is -2.32. The van der Waals surface area contributed by atoms with Crippen LogP contribution in [0.25, 0.3) is 22.2 Å². The minimum atomic E-state index is -0.423. The van der Waals surface area contributed by atoms with Gasteiger partial charge in [0.1, 0.15) is 5.69 Å². The van der Waals surface area contributed by atoms with Crippen molar-refractivity contribution in [3.05, 3.63) is 76.0 Å². The van der Waals surface area contributed by atoms with Crippen LogP contribution in [0.1, 0.15) is 16.1 Å². The third-order valence-corrected chi connectivity index (χ3v) is 5.06. The Morgan fingerprint density at radius 1 is 1.15 bits per heavy atom. The Labute approximate surface area is 164 Å². The number of H-pyrrole nitrogens is 1. The van der Waals surface area contributed by atoms with E-state index in [0.29, 0.717) is 28.0 Å². The molecule has 0 saturated carbocycles. The highest BCUT2D eigenvalue weighted by atomic mass is 35.5. The van der Waals surface area contributed by atoms with Gasteiger partial charge in [0.05, 0.1) is 22.3 Å². The maximum absolute atomic E-state index is 12.2. The van der Waals surface area contributed by atoms with Gasteiger partial charge in [-0.3, -0.25) is 14.9 Å². The molecule has 0 radical (unpaired) electrons. The average Bonchev–Trinajstić information content (AvgIpc) is 3.28. The highest BCUT2D eigenvalue weighted by Crippen LogP contribution is 2.29. The van der Waals surface area contributed by atoms with E-state index in [1.807, 2.05) is 36.5 Å². The van der Waals surface area contributed by atoms with Gasteiger partial charge in [0.2, 0.25) is 0 Å². The number of fused-ring (bicyclic) bond motifs is 1. The van der Waals surface area contributed by atoms with Crippen molar-refractivity contribution in [2.24, 2.45) is 5.84 Å². The molecule has 0 atom stereocenters. The number of nitrogens with one attached hydrogen (secondary N) is 2. The van der Waals surface area contributed by atoms with Crippen LogP contribution in [0.3, 0.4) is 0 Å². The molecular formula is C19H15Cl2N5O. The number of nitrogen functional groups attached to an aromatic ring is 1. The van der Waals surface area contributed by atoms with E-state index < -0.39 is 5.91 Å². The molecule has 2 aromatic heterocycles. The molecule has 1 amide bonds. The van der Waals surface area contributed by atoms with Gasteiger partial charge in [-0.05, 0) is 29.8 Å². The fourth-order valence-electron chi connectivity index (χ4n) is 3.02. The minimum absolute atomic E-state index is 0.349. The first-order valence-electron chi connectivity index (χ1n) is 8.16. The number of nitrogens with two attached hydrogens (primary N) is 1. The number of hydrogen-bond acceptors (Lipinski definition) is 3. The Morgan fingerprint density at radius 3 is 2.74 bits per heavy atom. The number of halogens is 2. The Hall–Kier alpha value is -2.80. The van der Waals surface area contributed by atoms with Gasteiger partial charge < -0.3 is 4.98 Å². The van der Waals surface area contributed by atoms with E-state index in [4.69, 9.17) is 29.0 Å². The molecule has 0 aliphatic rings. The summed E-state index contributed by atoms with van der Waals surface area (Å²) in [7, 11) is 0. The fraction of sp³-hybridized carbons (Fsp3) is 0.0526. The Morgan fingerprint density at radius 2 is 1.96 bits per heavy atom. The third kappa shape index (κ3) is 3.30. The molecule has 0 bridgehead atoms. The summed E-state index contributed by atoms with van der Waals surface area (Å²) in [6.07, 6.45) is 1.88. The summed E-state index contributed by atoms with van der Waals surface area (Å²) < 4.78 is 1.60. The van der Waals surface area contributed by atoms with Gasteiger partial charge >= 0.3 is 0 Å². The number of benzene rings is 2. The van der Waals surface area contributed by atoms with E-state index >= 15 is 0 Å². The second-order valence-corrected chi connectivity index (χ2v) is 6.86. The van der Waals surface area contributed by atoms with Crippen LogP contribution in [0.5, 0.6) is 0 Å². The summed E-state index contributed by atoms with van der Waals surface area (Å²) in [4.78, 5) is 15.5. The molecule has 0 fully saturated rings. The molecule has 4 aromatic rings. The molecule has 4 N–H and O–H groups in total. The summed E-state index contributed by atoms with van der Waals surface area (Å²) in [5, 5.41) is 6.57. The smallest absolute Gasteiger partial charge is 0.283 e. The van der Waals surface area contributed by atoms with Crippen molar-refractivity contribution in [2.45, 2.75) is 6.54 Å². The van der Waals surface area contributed by atoms with Gasteiger partial charge in [-0.25, -0.2) is 5.84 Å². The molecule has 0 aliphatic heterocycles. The second kappa shape index (κ2) is 7.08. The van der Waals surface area contributed by atoms with Crippen molar-refractivity contribution in [3.63, 3.8) is 0 Å². The minimum Gasteiger partial charge on any atom is -0.360 e. The van der Waals surface area contributed by atoms with Crippen molar-refractivity contribution in [1.82, 2.24) is 20.2 Å². The van der Waals surface area contributed by atoms with Crippen LogP contribution in [0.15, 0.2) is 54.7 Å². The molecule has 8 heteroatoms. The molecule has 0 spiro atoms. The number of aromatic amines is 1. The number of amides is 1. The van der Waals surface area contributed by atoms with E-state index in [1.165, 1.54) is 0 Å². The number of carbonyl (C=O) groups is 1. The van der Waals surface area contributed by atoms with Crippen molar-refractivity contribution in [2.75, 3.05) is 0 Å². The Kier molecular flexibility index (Phi) is 4.61. The molecule has 136 valence electrons. The van der Waals surface area contributed by atoms with Gasteiger partial charge in [0.25, 0.3) is 5.91 Å². The van der Waals surface area contributed by atoms with Crippen LogP contribution >= 0.6 is 23.2 Å². The average molecular weight is 400 g/mol. The van der Waals surface area contributed by atoms with Crippen LogP contribution in [0, 0.1) is 0 Å². The van der Waals surface area contributed by atoms with Gasteiger partial charge in [-0.15, -0.1) is 0 Å². The Bertz CT molecular complexity index is 1150. The highest BCUT2D eigenvalue weighted by Gasteiger charge is 2.18. The van der Waals surface area contributed by atoms with Crippen molar-refractivity contribution in [3.8, 4) is 11.3 Å².